The van der Waals surface area contributed by atoms with E-state index in [1.54, 1.807) is 56.0 Å². The highest BCUT2D eigenvalue weighted by atomic mass is 32.2. The van der Waals surface area contributed by atoms with Crippen LogP contribution in [0.5, 0.6) is 0 Å². The zero-order valence-corrected chi connectivity index (χ0v) is 17.3. The summed E-state index contributed by atoms with van der Waals surface area (Å²) in [5, 5.41) is 9.67. The second kappa shape index (κ2) is 8.45. The second-order valence-corrected chi connectivity index (χ2v) is 7.69. The lowest BCUT2D eigenvalue weighted by atomic mass is 10.2. The Bertz CT molecular complexity index is 1330. The van der Waals surface area contributed by atoms with Gasteiger partial charge in [0.05, 0.1) is 17.6 Å². The number of rotatable bonds is 4. The molecular weight excluding hydrogens is 414 g/mol. The first-order chi connectivity index (χ1) is 15.1. The molecule has 0 aliphatic carbocycles. The third-order valence-corrected chi connectivity index (χ3v) is 6.00. The van der Waals surface area contributed by atoms with E-state index in [1.807, 2.05) is 12.1 Å². The molecule has 8 nitrogen and oxygen atoms in total. The number of fused-ring (bicyclic) bond motifs is 1. The van der Waals surface area contributed by atoms with Crippen LogP contribution in [-0.2, 0) is 9.53 Å². The topological polar surface area (TPSA) is 124 Å². The van der Waals surface area contributed by atoms with Crippen LogP contribution in [0.25, 0.3) is 11.0 Å². The van der Waals surface area contributed by atoms with Crippen molar-refractivity contribution in [2.24, 2.45) is 0 Å². The van der Waals surface area contributed by atoms with Gasteiger partial charge in [-0.2, -0.15) is 5.26 Å². The summed E-state index contributed by atoms with van der Waals surface area (Å²) in [5.74, 6) is -0.965. The Balaban J connectivity index is 2.07. The van der Waals surface area contributed by atoms with Gasteiger partial charge in [0.1, 0.15) is 16.2 Å². The van der Waals surface area contributed by atoms with Crippen molar-refractivity contribution in [1.82, 2.24) is 14.5 Å². The molecule has 0 aromatic carbocycles. The normalized spacial score (nSPS) is 16.0. The quantitative estimate of drug-likeness (QED) is 0.614. The van der Waals surface area contributed by atoms with E-state index in [0.717, 1.165) is 11.8 Å². The maximum absolute atomic E-state index is 13.5. The molecule has 0 fully saturated rings. The van der Waals surface area contributed by atoms with Crippen molar-refractivity contribution < 1.29 is 14.3 Å². The molecule has 4 heterocycles. The lowest BCUT2D eigenvalue weighted by Gasteiger charge is -2.22. The number of nitrogens with two attached hydrogens (primary N) is 1. The molecule has 0 saturated carbocycles. The molecule has 0 bridgehead atoms. The van der Waals surface area contributed by atoms with Crippen LogP contribution in [-0.4, -0.2) is 33.0 Å². The molecule has 3 aromatic rings. The molecule has 31 heavy (non-hydrogen) atoms. The summed E-state index contributed by atoms with van der Waals surface area (Å²) in [6.07, 6.45) is 8.11. The Kier molecular flexibility index (Phi) is 5.56. The third-order valence-electron chi connectivity index (χ3n) is 4.69. The van der Waals surface area contributed by atoms with Crippen molar-refractivity contribution in [3.05, 3.63) is 76.4 Å². The van der Waals surface area contributed by atoms with Crippen molar-refractivity contribution in [2.75, 3.05) is 12.3 Å². The number of nitrogens with zero attached hydrogens (tertiary/aromatic N) is 4. The van der Waals surface area contributed by atoms with Crippen LogP contribution in [0, 0.1) is 11.3 Å². The lowest BCUT2D eigenvalue weighted by molar-refractivity contribution is -0.135. The summed E-state index contributed by atoms with van der Waals surface area (Å²) in [4.78, 5) is 34.7. The number of nitriles is 1. The van der Waals surface area contributed by atoms with Crippen LogP contribution in [0.1, 0.15) is 33.8 Å². The SMILES string of the molecule is CCOC(=O)C1=c2/c(=C/c3cccnc3)c(N)c(C#N)n2C(=O)[C@@H](c2cccnc2)S1. The molecule has 154 valence electrons. The van der Waals surface area contributed by atoms with Gasteiger partial charge in [0.15, 0.2) is 5.69 Å². The second-order valence-electron chi connectivity index (χ2n) is 6.57. The maximum Gasteiger partial charge on any atom is 0.346 e. The number of hydrogen-bond donors (Lipinski definition) is 1. The number of ether oxygens (including phenoxy) is 1. The van der Waals surface area contributed by atoms with Gasteiger partial charge in [-0.25, -0.2) is 4.79 Å². The van der Waals surface area contributed by atoms with E-state index in [0.29, 0.717) is 16.3 Å². The minimum atomic E-state index is -0.772. The van der Waals surface area contributed by atoms with E-state index in [-0.39, 0.29) is 34.1 Å². The van der Waals surface area contributed by atoms with Crippen molar-refractivity contribution >= 4 is 40.3 Å². The summed E-state index contributed by atoms with van der Waals surface area (Å²) in [5.41, 5.74) is 7.70. The first kappa shape index (κ1) is 20.4. The maximum atomic E-state index is 13.5. The highest BCUT2D eigenvalue weighted by Crippen LogP contribution is 2.39. The average Bonchev–Trinajstić information content (AvgIpc) is 3.07. The van der Waals surface area contributed by atoms with Crippen molar-refractivity contribution in [3.63, 3.8) is 0 Å². The number of carbonyl (C=O) groups is 2. The van der Waals surface area contributed by atoms with Crippen LogP contribution in [0.15, 0.2) is 49.1 Å². The van der Waals surface area contributed by atoms with Crippen LogP contribution in [0.3, 0.4) is 0 Å². The van der Waals surface area contributed by atoms with Gasteiger partial charge in [0.2, 0.25) is 5.91 Å². The Morgan fingerprint density at radius 3 is 2.68 bits per heavy atom. The number of anilines is 1. The zero-order chi connectivity index (χ0) is 22.0. The molecule has 3 aromatic heterocycles. The average molecular weight is 431 g/mol. The van der Waals surface area contributed by atoms with Crippen molar-refractivity contribution in [3.8, 4) is 6.07 Å². The van der Waals surface area contributed by atoms with Gasteiger partial charge in [-0.1, -0.05) is 23.9 Å². The first-order valence-corrected chi connectivity index (χ1v) is 10.3. The molecule has 0 unspecified atom stereocenters. The largest absolute Gasteiger partial charge is 0.462 e. The van der Waals surface area contributed by atoms with Gasteiger partial charge < -0.3 is 10.5 Å². The van der Waals surface area contributed by atoms with Crippen molar-refractivity contribution in [2.45, 2.75) is 12.2 Å². The standard InChI is InChI=1S/C22H17N5O3S/c1-2-30-22(29)20-18-15(9-13-5-3-7-25-11-13)17(24)16(10-23)27(18)21(28)19(31-20)14-6-4-8-26-12-14/h3-9,11-12,19H,2,24H2,1H3/b15-9+/t19-/m1/s1. The molecule has 4 rings (SSSR count). The smallest absolute Gasteiger partial charge is 0.346 e. The third kappa shape index (κ3) is 3.58. The van der Waals surface area contributed by atoms with E-state index in [4.69, 9.17) is 10.5 Å². The molecule has 0 radical (unpaired) electrons. The number of hydrogen-bond acceptors (Lipinski definition) is 8. The zero-order valence-electron chi connectivity index (χ0n) is 16.5. The van der Waals surface area contributed by atoms with Crippen molar-refractivity contribution in [1.29, 1.82) is 5.26 Å². The fraction of sp³-hybridized carbons (Fsp3) is 0.136. The summed E-state index contributed by atoms with van der Waals surface area (Å²) < 4.78 is 6.48. The van der Waals surface area contributed by atoms with E-state index in [2.05, 4.69) is 9.97 Å². The monoisotopic (exact) mass is 431 g/mol. The number of pyridine rings is 2. The van der Waals surface area contributed by atoms with Gasteiger partial charge >= 0.3 is 5.97 Å². The molecule has 0 saturated heterocycles. The molecule has 2 N–H and O–H groups in total. The molecule has 0 spiro atoms. The van der Waals surface area contributed by atoms with Gasteiger partial charge in [0.25, 0.3) is 0 Å². The molecule has 1 aliphatic heterocycles. The summed E-state index contributed by atoms with van der Waals surface area (Å²) >= 11 is 1.07. The molecular formula is C22H17N5O3S. The minimum Gasteiger partial charge on any atom is -0.462 e. The van der Waals surface area contributed by atoms with Crippen LogP contribution in [0.4, 0.5) is 5.69 Å². The summed E-state index contributed by atoms with van der Waals surface area (Å²) in [7, 11) is 0. The van der Waals surface area contributed by atoms with E-state index in [9.17, 15) is 14.9 Å². The first-order valence-electron chi connectivity index (χ1n) is 9.41. The number of carbonyl (C=O) groups excluding carboxylic acids is 2. The van der Waals surface area contributed by atoms with E-state index in [1.165, 1.54) is 4.57 Å². The fourth-order valence-electron chi connectivity index (χ4n) is 3.36. The fourth-order valence-corrected chi connectivity index (χ4v) is 4.55. The van der Waals surface area contributed by atoms with E-state index >= 15 is 0 Å². The number of aromatic nitrogens is 3. The minimum absolute atomic E-state index is 0.0221. The Morgan fingerprint density at radius 2 is 2.06 bits per heavy atom. The summed E-state index contributed by atoms with van der Waals surface area (Å²) in [6, 6.07) is 9.03. The Morgan fingerprint density at radius 1 is 1.32 bits per heavy atom. The molecule has 1 atom stereocenters. The highest BCUT2D eigenvalue weighted by Gasteiger charge is 2.36. The Hall–Kier alpha value is -3.90. The lowest BCUT2D eigenvalue weighted by Crippen LogP contribution is -2.42. The van der Waals surface area contributed by atoms with Gasteiger partial charge in [-0.3, -0.25) is 19.3 Å². The van der Waals surface area contributed by atoms with E-state index < -0.39 is 11.2 Å². The molecule has 9 heteroatoms. The molecule has 1 aliphatic rings. The predicted molar refractivity (Wildman–Crippen MR) is 116 cm³/mol. The number of esters is 1. The van der Waals surface area contributed by atoms with Crippen LogP contribution < -0.4 is 16.3 Å². The van der Waals surface area contributed by atoms with Gasteiger partial charge in [0, 0.05) is 30.0 Å². The Labute approximate surface area is 181 Å². The van der Waals surface area contributed by atoms with Crippen LogP contribution >= 0.6 is 11.8 Å². The highest BCUT2D eigenvalue weighted by molar-refractivity contribution is 8.10. The predicted octanol–water partition coefficient (Wildman–Crippen LogP) is 1.36. The van der Waals surface area contributed by atoms with Gasteiger partial charge in [-0.15, -0.1) is 0 Å². The number of thioether (sulfide) groups is 1. The van der Waals surface area contributed by atoms with Crippen LogP contribution in [0.2, 0.25) is 0 Å². The summed E-state index contributed by atoms with van der Waals surface area (Å²) in [6.45, 7) is 1.86. The number of nitrogen functional groups attached to an aromatic ring is 1. The van der Waals surface area contributed by atoms with Gasteiger partial charge in [-0.05, 0) is 36.3 Å². The molecule has 0 amide bonds.